The van der Waals surface area contributed by atoms with E-state index in [2.05, 4.69) is 6.92 Å². The Morgan fingerprint density at radius 3 is 3.14 bits per heavy atom. The van der Waals surface area contributed by atoms with Crippen molar-refractivity contribution in [2.45, 2.75) is 45.4 Å². The Balaban J connectivity index is 2.00. The van der Waals surface area contributed by atoms with Gasteiger partial charge in [-0.1, -0.05) is 18.9 Å². The first-order valence-corrected chi connectivity index (χ1v) is 5.94. The minimum atomic E-state index is 0.380. The van der Waals surface area contributed by atoms with Gasteiger partial charge in [0.05, 0.1) is 0 Å². The summed E-state index contributed by atoms with van der Waals surface area (Å²) in [5, 5.41) is 0. The Morgan fingerprint density at radius 1 is 1.43 bits per heavy atom. The number of carbonyl (C=O) groups excluding carboxylic acids is 1. The summed E-state index contributed by atoms with van der Waals surface area (Å²) in [6.45, 7) is 2.38. The summed E-state index contributed by atoms with van der Waals surface area (Å²) in [4.78, 5) is 11.5. The van der Waals surface area contributed by atoms with Gasteiger partial charge in [-0.2, -0.15) is 0 Å². The molecule has 3 rings (SSSR count). The molecule has 0 amide bonds. The quantitative estimate of drug-likeness (QED) is 0.573. The zero-order chi connectivity index (χ0) is 9.76. The van der Waals surface area contributed by atoms with E-state index in [4.69, 9.17) is 0 Å². The number of rotatable bonds is 0. The number of fused-ring (bicyclic) bond motifs is 3. The molecule has 0 bridgehead atoms. The number of hydrogen-bond donors (Lipinski definition) is 0. The fourth-order valence-electron chi connectivity index (χ4n) is 3.49. The van der Waals surface area contributed by atoms with Crippen molar-refractivity contribution < 1.29 is 4.79 Å². The third-order valence-electron chi connectivity index (χ3n) is 4.56. The minimum Gasteiger partial charge on any atom is -0.295 e. The molecule has 0 aromatic rings. The highest BCUT2D eigenvalue weighted by Gasteiger charge is 2.49. The normalized spacial score (nSPS) is 46.1. The van der Waals surface area contributed by atoms with Crippen LogP contribution in [0.5, 0.6) is 0 Å². The fourth-order valence-corrected chi connectivity index (χ4v) is 3.49. The first kappa shape index (κ1) is 8.70. The molecule has 3 atom stereocenters. The Morgan fingerprint density at radius 2 is 2.29 bits per heavy atom. The van der Waals surface area contributed by atoms with E-state index < -0.39 is 0 Å². The summed E-state index contributed by atoms with van der Waals surface area (Å²) in [6, 6.07) is 0. The second kappa shape index (κ2) is 2.71. The Bertz CT molecular complexity index is 315. The van der Waals surface area contributed by atoms with Crippen molar-refractivity contribution in [3.63, 3.8) is 0 Å². The van der Waals surface area contributed by atoms with Crippen LogP contribution in [-0.4, -0.2) is 5.78 Å². The molecule has 14 heavy (non-hydrogen) atoms. The monoisotopic (exact) mass is 190 g/mol. The van der Waals surface area contributed by atoms with Crippen LogP contribution in [0.4, 0.5) is 0 Å². The molecule has 2 saturated carbocycles. The van der Waals surface area contributed by atoms with Crippen LogP contribution in [0.2, 0.25) is 0 Å². The van der Waals surface area contributed by atoms with Crippen LogP contribution in [0.1, 0.15) is 45.4 Å². The SMILES string of the molecule is C[C@]12CCC[C@@H]3C[C@@H]3C1=CC(=O)CC2. The minimum absolute atomic E-state index is 0.380. The molecule has 76 valence electrons. The molecule has 0 heterocycles. The molecule has 0 saturated heterocycles. The lowest BCUT2D eigenvalue weighted by molar-refractivity contribution is -0.115. The van der Waals surface area contributed by atoms with Gasteiger partial charge in [0.25, 0.3) is 0 Å². The molecule has 0 aliphatic heterocycles. The molecule has 1 heteroatoms. The summed E-state index contributed by atoms with van der Waals surface area (Å²) >= 11 is 0. The van der Waals surface area contributed by atoms with Crippen LogP contribution in [0.15, 0.2) is 11.6 Å². The van der Waals surface area contributed by atoms with E-state index in [0.717, 1.165) is 24.7 Å². The molecule has 3 aliphatic carbocycles. The molecule has 3 aliphatic rings. The van der Waals surface area contributed by atoms with Gasteiger partial charge in [-0.25, -0.2) is 0 Å². The second-order valence-electron chi connectivity index (χ2n) is 5.62. The highest BCUT2D eigenvalue weighted by molar-refractivity contribution is 5.91. The summed E-state index contributed by atoms with van der Waals surface area (Å²) in [5.74, 6) is 2.12. The van der Waals surface area contributed by atoms with E-state index in [-0.39, 0.29) is 0 Å². The number of carbonyl (C=O) groups is 1. The smallest absolute Gasteiger partial charge is 0.155 e. The number of ketones is 1. The third kappa shape index (κ3) is 1.18. The Hall–Kier alpha value is -0.590. The summed E-state index contributed by atoms with van der Waals surface area (Å²) in [7, 11) is 0. The maximum atomic E-state index is 11.5. The first-order chi connectivity index (χ1) is 6.69. The fraction of sp³-hybridized carbons (Fsp3) is 0.769. The van der Waals surface area contributed by atoms with Crippen LogP contribution >= 0.6 is 0 Å². The van der Waals surface area contributed by atoms with Crippen molar-refractivity contribution in [1.82, 2.24) is 0 Å². The summed E-state index contributed by atoms with van der Waals surface area (Å²) in [5.41, 5.74) is 1.92. The average Bonchev–Trinajstić information content (AvgIpc) is 2.88. The van der Waals surface area contributed by atoms with Crippen molar-refractivity contribution in [2.75, 3.05) is 0 Å². The van der Waals surface area contributed by atoms with Gasteiger partial charge in [-0.3, -0.25) is 4.79 Å². The molecular weight excluding hydrogens is 172 g/mol. The van der Waals surface area contributed by atoms with Crippen molar-refractivity contribution in [2.24, 2.45) is 17.3 Å². The van der Waals surface area contributed by atoms with Crippen LogP contribution in [0.25, 0.3) is 0 Å². The first-order valence-electron chi connectivity index (χ1n) is 5.94. The van der Waals surface area contributed by atoms with Crippen LogP contribution < -0.4 is 0 Å². The largest absolute Gasteiger partial charge is 0.295 e. The molecule has 0 aromatic heterocycles. The van der Waals surface area contributed by atoms with Crippen molar-refractivity contribution in [3.8, 4) is 0 Å². The van der Waals surface area contributed by atoms with Crippen LogP contribution in [-0.2, 0) is 4.79 Å². The summed E-state index contributed by atoms with van der Waals surface area (Å²) in [6.07, 6.45) is 9.38. The lowest BCUT2D eigenvalue weighted by Gasteiger charge is -2.34. The molecule has 0 radical (unpaired) electrons. The van der Waals surface area contributed by atoms with Gasteiger partial charge in [0.1, 0.15) is 0 Å². The van der Waals surface area contributed by atoms with Gasteiger partial charge < -0.3 is 0 Å². The van der Waals surface area contributed by atoms with E-state index in [9.17, 15) is 4.79 Å². The Labute approximate surface area is 85.6 Å². The standard InChI is InChI=1S/C13H18O/c1-13-5-2-3-9-7-11(9)12(13)8-10(14)4-6-13/h8-9,11H,2-7H2,1H3/t9-,11+,13-/m1/s1. The van der Waals surface area contributed by atoms with Gasteiger partial charge in [0.15, 0.2) is 5.78 Å². The van der Waals surface area contributed by atoms with Gasteiger partial charge in [0, 0.05) is 6.42 Å². The predicted molar refractivity (Wildman–Crippen MR) is 55.9 cm³/mol. The third-order valence-corrected chi connectivity index (χ3v) is 4.56. The van der Waals surface area contributed by atoms with E-state index >= 15 is 0 Å². The molecule has 0 aromatic carbocycles. The Kier molecular flexibility index (Phi) is 1.68. The highest BCUT2D eigenvalue weighted by Crippen LogP contribution is 2.59. The number of hydrogen-bond acceptors (Lipinski definition) is 1. The topological polar surface area (TPSA) is 17.1 Å². The zero-order valence-electron chi connectivity index (χ0n) is 8.88. The summed E-state index contributed by atoms with van der Waals surface area (Å²) < 4.78 is 0. The predicted octanol–water partition coefficient (Wildman–Crippen LogP) is 3.10. The van der Waals surface area contributed by atoms with Crippen LogP contribution in [0.3, 0.4) is 0 Å². The molecular formula is C13H18O. The zero-order valence-corrected chi connectivity index (χ0v) is 8.88. The van der Waals surface area contributed by atoms with Gasteiger partial charge >= 0.3 is 0 Å². The highest BCUT2D eigenvalue weighted by atomic mass is 16.1. The van der Waals surface area contributed by atoms with E-state index in [1.807, 2.05) is 6.08 Å². The maximum absolute atomic E-state index is 11.5. The van der Waals surface area contributed by atoms with Crippen molar-refractivity contribution in [1.29, 1.82) is 0 Å². The van der Waals surface area contributed by atoms with E-state index in [0.29, 0.717) is 11.2 Å². The number of allylic oxidation sites excluding steroid dienone is 2. The molecule has 0 N–H and O–H groups in total. The van der Waals surface area contributed by atoms with Gasteiger partial charge in [0.2, 0.25) is 0 Å². The van der Waals surface area contributed by atoms with Gasteiger partial charge in [-0.05, 0) is 49.0 Å². The molecule has 0 unspecified atom stereocenters. The lowest BCUT2D eigenvalue weighted by atomic mass is 9.70. The van der Waals surface area contributed by atoms with Crippen molar-refractivity contribution in [3.05, 3.63) is 11.6 Å². The van der Waals surface area contributed by atoms with Crippen molar-refractivity contribution >= 4 is 5.78 Å². The molecule has 0 spiro atoms. The van der Waals surface area contributed by atoms with E-state index in [1.54, 1.807) is 0 Å². The van der Waals surface area contributed by atoms with Crippen LogP contribution in [0, 0.1) is 17.3 Å². The average molecular weight is 190 g/mol. The van der Waals surface area contributed by atoms with E-state index in [1.165, 1.54) is 31.3 Å². The molecule has 1 nitrogen and oxygen atoms in total. The second-order valence-corrected chi connectivity index (χ2v) is 5.62. The maximum Gasteiger partial charge on any atom is 0.155 e. The molecule has 2 fully saturated rings. The lowest BCUT2D eigenvalue weighted by Crippen LogP contribution is -2.25. The van der Waals surface area contributed by atoms with Gasteiger partial charge in [-0.15, -0.1) is 0 Å².